The fourth-order valence-electron chi connectivity index (χ4n) is 2.24. The van der Waals surface area contributed by atoms with Crippen LogP contribution in [0.1, 0.15) is 30.1 Å². The van der Waals surface area contributed by atoms with Crippen LogP contribution >= 0.6 is 24.0 Å². The van der Waals surface area contributed by atoms with Crippen molar-refractivity contribution in [1.29, 1.82) is 0 Å². The average Bonchev–Trinajstić information content (AvgIpc) is 2.40. The van der Waals surface area contributed by atoms with Gasteiger partial charge in [-0.25, -0.2) is 4.39 Å². The van der Waals surface area contributed by atoms with Crippen LogP contribution in [-0.4, -0.2) is 25.5 Å². The molecular formula is C14H19Cl2FN2O. The van der Waals surface area contributed by atoms with Crippen molar-refractivity contribution in [2.75, 3.05) is 19.6 Å². The van der Waals surface area contributed by atoms with Gasteiger partial charge in [0.2, 0.25) is 0 Å². The molecule has 6 heteroatoms. The van der Waals surface area contributed by atoms with Crippen molar-refractivity contribution in [3.63, 3.8) is 0 Å². The molecule has 1 aromatic carbocycles. The van der Waals surface area contributed by atoms with Crippen molar-refractivity contribution in [2.45, 2.75) is 19.8 Å². The van der Waals surface area contributed by atoms with Gasteiger partial charge in [-0.1, -0.05) is 18.5 Å². The minimum absolute atomic E-state index is 0. The summed E-state index contributed by atoms with van der Waals surface area (Å²) in [5, 5.41) is 6.20. The zero-order valence-electron chi connectivity index (χ0n) is 11.3. The fourth-order valence-corrected chi connectivity index (χ4v) is 2.36. The summed E-state index contributed by atoms with van der Waals surface area (Å²) in [6.45, 7) is 4.72. The lowest BCUT2D eigenvalue weighted by atomic mass is 9.81. The third kappa shape index (κ3) is 4.33. The molecule has 0 aliphatic carbocycles. The summed E-state index contributed by atoms with van der Waals surface area (Å²) >= 11 is 5.59. The van der Waals surface area contributed by atoms with Crippen molar-refractivity contribution in [3.05, 3.63) is 34.6 Å². The van der Waals surface area contributed by atoms with Crippen LogP contribution in [-0.2, 0) is 0 Å². The molecule has 0 spiro atoms. The molecule has 20 heavy (non-hydrogen) atoms. The van der Waals surface area contributed by atoms with Gasteiger partial charge in [0, 0.05) is 12.1 Å². The molecule has 1 saturated heterocycles. The topological polar surface area (TPSA) is 41.1 Å². The molecule has 2 N–H and O–H groups in total. The van der Waals surface area contributed by atoms with Crippen molar-refractivity contribution < 1.29 is 9.18 Å². The van der Waals surface area contributed by atoms with Gasteiger partial charge in [-0.2, -0.15) is 0 Å². The predicted molar refractivity (Wildman–Crippen MR) is 81.2 cm³/mol. The minimum atomic E-state index is -0.567. The molecule has 2 rings (SSSR count). The van der Waals surface area contributed by atoms with Crippen LogP contribution in [0.25, 0.3) is 0 Å². The highest BCUT2D eigenvalue weighted by Crippen LogP contribution is 2.26. The molecule has 1 aliphatic rings. The molecule has 1 aromatic rings. The van der Waals surface area contributed by atoms with E-state index in [0.29, 0.717) is 12.1 Å². The Bertz CT molecular complexity index is 476. The highest BCUT2D eigenvalue weighted by molar-refractivity contribution is 6.30. The normalized spacial score (nSPS) is 17.1. The zero-order valence-corrected chi connectivity index (χ0v) is 12.9. The maximum absolute atomic E-state index is 13.3. The Labute approximate surface area is 129 Å². The first kappa shape index (κ1) is 17.2. The molecule has 3 nitrogen and oxygen atoms in total. The summed E-state index contributed by atoms with van der Waals surface area (Å²) in [7, 11) is 0. The van der Waals surface area contributed by atoms with E-state index in [4.69, 9.17) is 11.6 Å². The minimum Gasteiger partial charge on any atom is -0.351 e. The molecule has 0 bridgehead atoms. The Hall–Kier alpha value is -0.840. The Morgan fingerprint density at radius 1 is 1.45 bits per heavy atom. The number of halogens is 3. The van der Waals surface area contributed by atoms with Crippen LogP contribution in [0.2, 0.25) is 5.02 Å². The van der Waals surface area contributed by atoms with Crippen LogP contribution in [0.5, 0.6) is 0 Å². The van der Waals surface area contributed by atoms with Crippen molar-refractivity contribution >= 4 is 29.9 Å². The zero-order chi connectivity index (χ0) is 13.9. The standard InChI is InChI=1S/C14H18ClFN2O.ClH/c1-14(4-6-17-7-5-14)9-18-13(19)10-2-3-11(15)12(16)8-10;/h2-3,8,17H,4-7,9H2,1H3,(H,18,19);1H. The predicted octanol–water partition coefficient (Wildman–Crippen LogP) is 3.02. The quantitative estimate of drug-likeness (QED) is 0.898. The lowest BCUT2D eigenvalue weighted by molar-refractivity contribution is 0.0922. The van der Waals surface area contributed by atoms with Gasteiger partial charge in [-0.15, -0.1) is 12.4 Å². The number of amides is 1. The molecule has 0 saturated carbocycles. The molecular weight excluding hydrogens is 302 g/mol. The maximum Gasteiger partial charge on any atom is 0.251 e. The molecule has 0 atom stereocenters. The van der Waals surface area contributed by atoms with Gasteiger partial charge in [0.05, 0.1) is 5.02 Å². The third-order valence-corrected chi connectivity index (χ3v) is 3.97. The van der Waals surface area contributed by atoms with Crippen LogP contribution < -0.4 is 10.6 Å². The number of carbonyl (C=O) groups excluding carboxylic acids is 1. The van der Waals surface area contributed by atoms with Gasteiger partial charge in [0.1, 0.15) is 5.82 Å². The molecule has 1 heterocycles. The second kappa shape index (κ2) is 7.25. The monoisotopic (exact) mass is 320 g/mol. The molecule has 0 aromatic heterocycles. The summed E-state index contributed by atoms with van der Waals surface area (Å²) < 4.78 is 13.3. The van der Waals surface area contributed by atoms with E-state index in [1.807, 2.05) is 0 Å². The van der Waals surface area contributed by atoms with Gasteiger partial charge in [0.15, 0.2) is 0 Å². The second-order valence-corrected chi connectivity index (χ2v) is 5.78. The first-order valence-corrected chi connectivity index (χ1v) is 6.82. The Morgan fingerprint density at radius 3 is 2.70 bits per heavy atom. The van der Waals surface area contributed by atoms with Crippen molar-refractivity contribution in [3.8, 4) is 0 Å². The van der Waals surface area contributed by atoms with Crippen molar-refractivity contribution in [2.24, 2.45) is 5.41 Å². The van der Waals surface area contributed by atoms with E-state index >= 15 is 0 Å². The Morgan fingerprint density at radius 2 is 2.10 bits per heavy atom. The summed E-state index contributed by atoms with van der Waals surface area (Å²) in [6, 6.07) is 4.10. The summed E-state index contributed by atoms with van der Waals surface area (Å²) in [4.78, 5) is 12.0. The number of piperidine rings is 1. The van der Waals surface area contributed by atoms with Gasteiger partial charge in [-0.05, 0) is 49.5 Å². The number of nitrogens with one attached hydrogen (secondary N) is 2. The Kier molecular flexibility index (Phi) is 6.24. The molecule has 1 aliphatic heterocycles. The molecule has 1 amide bonds. The first-order valence-electron chi connectivity index (χ1n) is 6.44. The number of rotatable bonds is 3. The van der Waals surface area contributed by atoms with E-state index in [2.05, 4.69) is 17.6 Å². The van der Waals surface area contributed by atoms with E-state index in [9.17, 15) is 9.18 Å². The van der Waals surface area contributed by atoms with Gasteiger partial charge in [-0.3, -0.25) is 4.79 Å². The van der Waals surface area contributed by atoms with Crippen molar-refractivity contribution in [1.82, 2.24) is 10.6 Å². The smallest absolute Gasteiger partial charge is 0.251 e. The number of benzene rings is 1. The molecule has 0 radical (unpaired) electrons. The number of hydrogen-bond acceptors (Lipinski definition) is 2. The van der Waals surface area contributed by atoms with Gasteiger partial charge >= 0.3 is 0 Å². The van der Waals surface area contributed by atoms with Crippen LogP contribution in [0, 0.1) is 11.2 Å². The van der Waals surface area contributed by atoms with E-state index in [1.165, 1.54) is 18.2 Å². The summed E-state index contributed by atoms with van der Waals surface area (Å²) in [5.74, 6) is -0.822. The summed E-state index contributed by atoms with van der Waals surface area (Å²) in [5.41, 5.74) is 0.422. The lowest BCUT2D eigenvalue weighted by Gasteiger charge is -2.34. The number of hydrogen-bond donors (Lipinski definition) is 2. The number of carbonyl (C=O) groups is 1. The third-order valence-electron chi connectivity index (χ3n) is 3.67. The highest BCUT2D eigenvalue weighted by Gasteiger charge is 2.27. The Balaban J connectivity index is 0.00000200. The largest absolute Gasteiger partial charge is 0.351 e. The van der Waals surface area contributed by atoms with Crippen LogP contribution in [0.3, 0.4) is 0 Å². The summed E-state index contributed by atoms with van der Waals surface area (Å²) in [6.07, 6.45) is 2.06. The van der Waals surface area contributed by atoms with Gasteiger partial charge in [0.25, 0.3) is 5.91 Å². The second-order valence-electron chi connectivity index (χ2n) is 5.37. The molecule has 1 fully saturated rings. The highest BCUT2D eigenvalue weighted by atomic mass is 35.5. The van der Waals surface area contributed by atoms with E-state index in [-0.39, 0.29) is 28.8 Å². The van der Waals surface area contributed by atoms with E-state index < -0.39 is 5.82 Å². The molecule has 0 unspecified atom stereocenters. The average molecular weight is 321 g/mol. The molecule has 112 valence electrons. The first-order chi connectivity index (χ1) is 9.00. The maximum atomic E-state index is 13.3. The van der Waals surface area contributed by atoms with E-state index in [1.54, 1.807) is 0 Å². The van der Waals surface area contributed by atoms with E-state index in [0.717, 1.165) is 25.9 Å². The fraction of sp³-hybridized carbons (Fsp3) is 0.500. The SMILES string of the molecule is CC1(CNC(=O)c2ccc(Cl)c(F)c2)CCNCC1.Cl. The van der Waals surface area contributed by atoms with Crippen LogP contribution in [0.15, 0.2) is 18.2 Å². The van der Waals surface area contributed by atoms with Crippen LogP contribution in [0.4, 0.5) is 4.39 Å². The lowest BCUT2D eigenvalue weighted by Crippen LogP contribution is -2.42. The van der Waals surface area contributed by atoms with Gasteiger partial charge < -0.3 is 10.6 Å².